The molecule has 12 heteroatoms. The first-order valence-corrected chi connectivity index (χ1v) is 9.23. The normalized spacial score (nSPS) is 12.3. The zero-order valence-electron chi connectivity index (χ0n) is 15.3. The van der Waals surface area contributed by atoms with Gasteiger partial charge in [0.2, 0.25) is 0 Å². The zero-order chi connectivity index (χ0) is 22.1. The molecule has 1 aromatic heterocycles. The van der Waals surface area contributed by atoms with Gasteiger partial charge in [0.05, 0.1) is 18.2 Å². The Hall–Kier alpha value is -2.63. The highest BCUT2D eigenvalue weighted by Crippen LogP contribution is 2.36. The Kier molecular flexibility index (Phi) is 6.06. The van der Waals surface area contributed by atoms with E-state index in [0.29, 0.717) is 12.1 Å². The lowest BCUT2D eigenvalue weighted by Gasteiger charge is -2.23. The maximum atomic E-state index is 13.2. The first-order chi connectivity index (χ1) is 13.9. The molecule has 0 N–H and O–H groups in total. The van der Waals surface area contributed by atoms with Gasteiger partial charge in [-0.2, -0.15) is 31.1 Å². The van der Waals surface area contributed by atoms with Crippen LogP contribution in [0.2, 0.25) is 0 Å². The van der Waals surface area contributed by atoms with Gasteiger partial charge < -0.3 is 4.90 Å². The van der Waals surface area contributed by atoms with Crippen LogP contribution in [0.3, 0.4) is 0 Å². The largest absolute Gasteiger partial charge is 0.416 e. The summed E-state index contributed by atoms with van der Waals surface area (Å²) in [6.07, 6.45) is -9.85. The summed E-state index contributed by atoms with van der Waals surface area (Å²) in [6, 6.07) is 8.55. The SMILES string of the molecule is Cn1nnc(N(Cc2cc(C(F)(F)F)cc(C(F)(F)F)c2)Cc2ccccc2Br)n1. The number of benzene rings is 2. The highest BCUT2D eigenvalue weighted by atomic mass is 79.9. The summed E-state index contributed by atoms with van der Waals surface area (Å²) in [4.78, 5) is 2.60. The topological polar surface area (TPSA) is 46.8 Å². The van der Waals surface area contributed by atoms with Crippen molar-refractivity contribution < 1.29 is 26.3 Å². The fourth-order valence-corrected chi connectivity index (χ4v) is 3.17. The van der Waals surface area contributed by atoms with Gasteiger partial charge in [0.15, 0.2) is 0 Å². The number of tetrazole rings is 1. The molecule has 160 valence electrons. The second-order valence-corrected chi connectivity index (χ2v) is 7.29. The molecule has 5 nitrogen and oxygen atoms in total. The summed E-state index contributed by atoms with van der Waals surface area (Å²) in [5, 5.41) is 11.6. The van der Waals surface area contributed by atoms with E-state index in [2.05, 4.69) is 31.3 Å². The van der Waals surface area contributed by atoms with Gasteiger partial charge in [0.25, 0.3) is 5.95 Å². The van der Waals surface area contributed by atoms with Crippen LogP contribution < -0.4 is 4.90 Å². The lowest BCUT2D eigenvalue weighted by atomic mass is 10.0. The van der Waals surface area contributed by atoms with Crippen LogP contribution in [0.15, 0.2) is 46.9 Å². The van der Waals surface area contributed by atoms with Crippen LogP contribution in [0, 0.1) is 0 Å². The zero-order valence-corrected chi connectivity index (χ0v) is 16.9. The van der Waals surface area contributed by atoms with Gasteiger partial charge in [-0.15, -0.1) is 5.10 Å². The number of anilines is 1. The molecule has 0 unspecified atom stereocenters. The molecule has 3 rings (SSSR count). The average molecular weight is 494 g/mol. The minimum Gasteiger partial charge on any atom is -0.330 e. The molecular formula is C18H14BrF6N5. The van der Waals surface area contributed by atoms with E-state index in [1.165, 1.54) is 11.9 Å². The van der Waals surface area contributed by atoms with Crippen molar-refractivity contribution in [2.24, 2.45) is 7.05 Å². The molecule has 3 aromatic rings. The molecule has 0 fully saturated rings. The number of aromatic nitrogens is 4. The van der Waals surface area contributed by atoms with Crippen LogP contribution in [-0.2, 0) is 32.5 Å². The van der Waals surface area contributed by atoms with Crippen LogP contribution in [0.25, 0.3) is 0 Å². The summed E-state index contributed by atoms with van der Waals surface area (Å²) in [6.45, 7) is -0.162. The first-order valence-electron chi connectivity index (χ1n) is 8.44. The maximum absolute atomic E-state index is 13.2. The summed E-state index contributed by atoms with van der Waals surface area (Å²) in [5.74, 6) is 0.0687. The number of hydrogen-bond donors (Lipinski definition) is 0. The third kappa shape index (κ3) is 5.29. The average Bonchev–Trinajstić information content (AvgIpc) is 3.07. The predicted molar refractivity (Wildman–Crippen MR) is 99.3 cm³/mol. The quantitative estimate of drug-likeness (QED) is 0.457. The Balaban J connectivity index is 2.02. The van der Waals surface area contributed by atoms with Crippen LogP contribution >= 0.6 is 15.9 Å². The Morgan fingerprint density at radius 3 is 2.03 bits per heavy atom. The van der Waals surface area contributed by atoms with E-state index in [-0.39, 0.29) is 30.7 Å². The second kappa shape index (κ2) is 8.25. The Morgan fingerprint density at radius 2 is 1.53 bits per heavy atom. The van der Waals surface area contributed by atoms with Crippen molar-refractivity contribution in [3.8, 4) is 0 Å². The molecule has 0 spiro atoms. The Labute approximate surface area is 175 Å². The van der Waals surface area contributed by atoms with Gasteiger partial charge in [-0.25, -0.2) is 0 Å². The monoisotopic (exact) mass is 493 g/mol. The molecule has 30 heavy (non-hydrogen) atoms. The fraction of sp³-hybridized carbons (Fsp3) is 0.278. The van der Waals surface area contributed by atoms with Crippen LogP contribution in [0.5, 0.6) is 0 Å². The van der Waals surface area contributed by atoms with Gasteiger partial charge in [-0.05, 0) is 40.6 Å². The minimum absolute atomic E-state index is 0.0687. The summed E-state index contributed by atoms with van der Waals surface area (Å²) in [7, 11) is 1.50. The number of rotatable bonds is 5. The molecule has 0 aliphatic heterocycles. The highest BCUT2D eigenvalue weighted by molar-refractivity contribution is 9.10. The predicted octanol–water partition coefficient (Wildman–Crippen LogP) is 5.22. The van der Waals surface area contributed by atoms with Gasteiger partial charge in [-0.1, -0.05) is 39.2 Å². The second-order valence-electron chi connectivity index (χ2n) is 6.44. The highest BCUT2D eigenvalue weighted by Gasteiger charge is 2.37. The van der Waals surface area contributed by atoms with E-state index >= 15 is 0 Å². The fourth-order valence-electron chi connectivity index (χ4n) is 2.76. The van der Waals surface area contributed by atoms with Crippen molar-refractivity contribution in [3.05, 3.63) is 69.2 Å². The van der Waals surface area contributed by atoms with Gasteiger partial charge in [-0.3, -0.25) is 0 Å². The molecule has 2 aromatic carbocycles. The lowest BCUT2D eigenvalue weighted by Crippen LogP contribution is -2.24. The number of alkyl halides is 6. The smallest absolute Gasteiger partial charge is 0.330 e. The summed E-state index contributed by atoms with van der Waals surface area (Å²) >= 11 is 3.38. The van der Waals surface area contributed by atoms with E-state index in [9.17, 15) is 26.3 Å². The van der Waals surface area contributed by atoms with Gasteiger partial charge in [0.1, 0.15) is 0 Å². The van der Waals surface area contributed by atoms with Crippen molar-refractivity contribution >= 4 is 21.9 Å². The number of nitrogens with zero attached hydrogens (tertiary/aromatic N) is 5. The molecule has 0 saturated carbocycles. The maximum Gasteiger partial charge on any atom is 0.416 e. The molecule has 0 aliphatic carbocycles. The standard InChI is InChI=1S/C18H14BrF6N5/c1-29-27-16(26-28-29)30(10-12-4-2-3-5-15(12)19)9-11-6-13(17(20,21)22)8-14(7-11)18(23,24)25/h2-8H,9-10H2,1H3. The lowest BCUT2D eigenvalue weighted by molar-refractivity contribution is -0.143. The molecule has 0 atom stereocenters. The van der Waals surface area contributed by atoms with Crippen molar-refractivity contribution in [1.82, 2.24) is 20.2 Å². The van der Waals surface area contributed by atoms with E-state index in [4.69, 9.17) is 0 Å². The number of hydrogen-bond acceptors (Lipinski definition) is 4. The Morgan fingerprint density at radius 1 is 0.933 bits per heavy atom. The molecular weight excluding hydrogens is 480 g/mol. The molecule has 0 amide bonds. The number of aryl methyl sites for hydroxylation is 1. The summed E-state index contributed by atoms with van der Waals surface area (Å²) < 4.78 is 79.8. The van der Waals surface area contributed by atoms with Crippen molar-refractivity contribution in [2.75, 3.05) is 4.90 Å². The van der Waals surface area contributed by atoms with Gasteiger partial charge >= 0.3 is 12.4 Å². The minimum atomic E-state index is -4.92. The van der Waals surface area contributed by atoms with E-state index in [1.54, 1.807) is 24.3 Å². The molecule has 1 heterocycles. The van der Waals surface area contributed by atoms with Crippen molar-refractivity contribution in [1.29, 1.82) is 0 Å². The van der Waals surface area contributed by atoms with Crippen LogP contribution in [-0.4, -0.2) is 20.2 Å². The van der Waals surface area contributed by atoms with Crippen LogP contribution in [0.1, 0.15) is 22.3 Å². The third-order valence-electron chi connectivity index (χ3n) is 4.12. The molecule has 0 radical (unpaired) electrons. The Bertz CT molecular complexity index is 998. The van der Waals surface area contributed by atoms with Crippen molar-refractivity contribution in [2.45, 2.75) is 25.4 Å². The molecule has 0 bridgehead atoms. The number of halogens is 7. The van der Waals surface area contributed by atoms with Crippen molar-refractivity contribution in [3.63, 3.8) is 0 Å². The third-order valence-corrected chi connectivity index (χ3v) is 4.89. The molecule has 0 saturated heterocycles. The molecule has 0 aliphatic rings. The summed E-state index contributed by atoms with van der Waals surface area (Å²) in [5.41, 5.74) is -2.19. The van der Waals surface area contributed by atoms with Crippen LogP contribution in [0.4, 0.5) is 32.3 Å². The van der Waals surface area contributed by atoms with E-state index in [1.807, 2.05) is 0 Å². The van der Waals surface area contributed by atoms with E-state index in [0.717, 1.165) is 14.8 Å². The first kappa shape index (κ1) is 22.1. The van der Waals surface area contributed by atoms with E-state index < -0.39 is 23.5 Å². The van der Waals surface area contributed by atoms with Gasteiger partial charge in [0, 0.05) is 17.6 Å².